The summed E-state index contributed by atoms with van der Waals surface area (Å²) >= 11 is 0. The van der Waals surface area contributed by atoms with Crippen LogP contribution < -0.4 is 10.6 Å². The standard InChI is InChI=1S/C23H24N6O4/c1-24-20-16-21(28-15(27-20)8-7-12-3-5-13(10-30)6-4-12)29(11-26-16)17-14-9-23(14,22(33)25-2)19(32)18(17)31/h3-6,11,14,17-19,30-32H,9-10H2,1-2H3,(H,25,33)(H,24,27,28)/t14?,17-,18+,19?,23-/m1/s1. The van der Waals surface area contributed by atoms with E-state index < -0.39 is 23.7 Å². The van der Waals surface area contributed by atoms with E-state index in [-0.39, 0.29) is 24.3 Å². The number of anilines is 1. The van der Waals surface area contributed by atoms with Crippen molar-refractivity contribution >= 4 is 22.9 Å². The number of nitrogens with zero attached hydrogens (tertiary/aromatic N) is 4. The summed E-state index contributed by atoms with van der Waals surface area (Å²) in [4.78, 5) is 25.9. The molecule has 10 nitrogen and oxygen atoms in total. The van der Waals surface area contributed by atoms with Crippen molar-refractivity contribution in [2.75, 3.05) is 19.4 Å². The molecule has 5 N–H and O–H groups in total. The zero-order valence-corrected chi connectivity index (χ0v) is 18.1. The van der Waals surface area contributed by atoms with Crippen LogP contribution in [0.5, 0.6) is 0 Å². The van der Waals surface area contributed by atoms with Gasteiger partial charge in [-0.05, 0) is 30.0 Å². The van der Waals surface area contributed by atoms with Gasteiger partial charge in [-0.25, -0.2) is 15.0 Å². The Morgan fingerprint density at radius 1 is 1.21 bits per heavy atom. The smallest absolute Gasteiger partial charge is 0.229 e. The number of fused-ring (bicyclic) bond motifs is 2. The lowest BCUT2D eigenvalue weighted by Gasteiger charge is -2.23. The Morgan fingerprint density at radius 2 is 1.97 bits per heavy atom. The van der Waals surface area contributed by atoms with Crippen LogP contribution in [0.3, 0.4) is 0 Å². The number of hydrogen-bond donors (Lipinski definition) is 5. The lowest BCUT2D eigenvalue weighted by Crippen LogP contribution is -2.41. The van der Waals surface area contributed by atoms with Crippen molar-refractivity contribution in [3.8, 4) is 11.8 Å². The van der Waals surface area contributed by atoms with Gasteiger partial charge >= 0.3 is 0 Å². The summed E-state index contributed by atoms with van der Waals surface area (Å²) < 4.78 is 1.72. The Morgan fingerprint density at radius 3 is 2.64 bits per heavy atom. The highest BCUT2D eigenvalue weighted by molar-refractivity contribution is 5.88. The fraction of sp³-hybridized carbons (Fsp3) is 0.391. The molecule has 3 aromatic rings. The van der Waals surface area contributed by atoms with E-state index in [0.717, 1.165) is 11.1 Å². The number of carbonyl (C=O) groups is 1. The van der Waals surface area contributed by atoms with Gasteiger partial charge in [-0.15, -0.1) is 0 Å². The van der Waals surface area contributed by atoms with Crippen LogP contribution in [0.2, 0.25) is 0 Å². The first-order valence-corrected chi connectivity index (χ1v) is 10.7. The number of benzene rings is 1. The second-order valence-corrected chi connectivity index (χ2v) is 8.43. The van der Waals surface area contributed by atoms with Gasteiger partial charge in [0, 0.05) is 25.6 Å². The number of nitrogens with one attached hydrogen (secondary N) is 2. The molecule has 0 aliphatic heterocycles. The predicted molar refractivity (Wildman–Crippen MR) is 119 cm³/mol. The van der Waals surface area contributed by atoms with Crippen LogP contribution in [-0.4, -0.2) is 67.0 Å². The maximum absolute atomic E-state index is 12.5. The number of aliphatic hydroxyl groups is 3. The van der Waals surface area contributed by atoms with Crippen LogP contribution in [0, 0.1) is 23.2 Å². The number of imidazole rings is 1. The molecule has 2 fully saturated rings. The lowest BCUT2D eigenvalue weighted by molar-refractivity contribution is -0.132. The van der Waals surface area contributed by atoms with E-state index in [1.54, 1.807) is 30.1 Å². The van der Waals surface area contributed by atoms with E-state index in [1.807, 2.05) is 12.1 Å². The Labute approximate surface area is 189 Å². The van der Waals surface area contributed by atoms with Gasteiger partial charge in [-0.1, -0.05) is 18.1 Å². The number of amides is 1. The zero-order valence-electron chi connectivity index (χ0n) is 18.1. The topological polar surface area (TPSA) is 145 Å². The largest absolute Gasteiger partial charge is 0.392 e. The first kappa shape index (κ1) is 21.3. The Kier molecular flexibility index (Phi) is 5.05. The van der Waals surface area contributed by atoms with Gasteiger partial charge in [0.05, 0.1) is 30.5 Å². The average Bonchev–Trinajstić information content (AvgIpc) is 3.38. The third kappa shape index (κ3) is 3.16. The Balaban J connectivity index is 1.54. The van der Waals surface area contributed by atoms with Gasteiger partial charge in [0.25, 0.3) is 0 Å². The van der Waals surface area contributed by atoms with Crippen LogP contribution in [0.4, 0.5) is 5.82 Å². The van der Waals surface area contributed by atoms with Gasteiger partial charge in [0.1, 0.15) is 6.10 Å². The zero-order chi connectivity index (χ0) is 23.3. The van der Waals surface area contributed by atoms with Crippen molar-refractivity contribution < 1.29 is 20.1 Å². The highest BCUT2D eigenvalue weighted by Crippen LogP contribution is 2.67. The molecule has 170 valence electrons. The monoisotopic (exact) mass is 448 g/mol. The highest BCUT2D eigenvalue weighted by atomic mass is 16.3. The van der Waals surface area contributed by atoms with E-state index >= 15 is 0 Å². The predicted octanol–water partition coefficient (Wildman–Crippen LogP) is -0.211. The van der Waals surface area contributed by atoms with E-state index in [1.165, 1.54) is 7.05 Å². The van der Waals surface area contributed by atoms with E-state index in [0.29, 0.717) is 23.4 Å². The number of aromatic nitrogens is 4. The molecule has 0 bridgehead atoms. The molecular weight excluding hydrogens is 424 g/mol. The average molecular weight is 448 g/mol. The van der Waals surface area contributed by atoms with Crippen molar-refractivity contribution in [3.05, 3.63) is 47.5 Å². The molecule has 2 aliphatic rings. The molecule has 33 heavy (non-hydrogen) atoms. The maximum atomic E-state index is 12.5. The quantitative estimate of drug-likeness (QED) is 0.345. The normalized spacial score (nSPS) is 27.5. The lowest BCUT2D eigenvalue weighted by atomic mass is 9.98. The summed E-state index contributed by atoms with van der Waals surface area (Å²) in [5.74, 6) is 6.23. The molecule has 1 amide bonds. The Bertz CT molecular complexity index is 1290. The van der Waals surface area contributed by atoms with Crippen LogP contribution in [0.1, 0.15) is 29.4 Å². The number of rotatable bonds is 4. The van der Waals surface area contributed by atoms with E-state index in [9.17, 15) is 20.1 Å². The van der Waals surface area contributed by atoms with Crippen LogP contribution in [0.15, 0.2) is 30.6 Å². The molecule has 2 saturated carbocycles. The molecule has 0 saturated heterocycles. The number of hydrogen-bond acceptors (Lipinski definition) is 8. The molecule has 5 rings (SSSR count). The first-order chi connectivity index (χ1) is 15.9. The summed E-state index contributed by atoms with van der Waals surface area (Å²) in [5.41, 5.74) is 1.53. The van der Waals surface area contributed by atoms with Crippen molar-refractivity contribution in [3.63, 3.8) is 0 Å². The van der Waals surface area contributed by atoms with Crippen LogP contribution in [0.25, 0.3) is 11.2 Å². The minimum Gasteiger partial charge on any atom is -0.392 e. The van der Waals surface area contributed by atoms with Crippen LogP contribution >= 0.6 is 0 Å². The van der Waals surface area contributed by atoms with Crippen molar-refractivity contribution in [1.82, 2.24) is 24.8 Å². The third-order valence-corrected chi connectivity index (χ3v) is 6.76. The summed E-state index contributed by atoms with van der Waals surface area (Å²) in [6.45, 7) is -0.0348. The molecule has 2 heterocycles. The second kappa shape index (κ2) is 7.81. The number of aliphatic hydroxyl groups excluding tert-OH is 3. The molecule has 10 heteroatoms. The summed E-state index contributed by atoms with van der Waals surface area (Å²) in [6, 6.07) is 6.66. The van der Waals surface area contributed by atoms with Crippen molar-refractivity contribution in [2.24, 2.45) is 11.3 Å². The van der Waals surface area contributed by atoms with E-state index in [2.05, 4.69) is 37.4 Å². The summed E-state index contributed by atoms with van der Waals surface area (Å²) in [5, 5.41) is 36.3. The fourth-order valence-electron chi connectivity index (χ4n) is 4.97. The molecule has 1 aromatic carbocycles. The molecular formula is C23H24N6O4. The fourth-order valence-corrected chi connectivity index (χ4v) is 4.97. The molecule has 5 atom stereocenters. The van der Waals surface area contributed by atoms with E-state index in [4.69, 9.17) is 0 Å². The molecule has 0 radical (unpaired) electrons. The van der Waals surface area contributed by atoms with Gasteiger partial charge in [0.2, 0.25) is 11.7 Å². The Hall–Kier alpha value is -3.52. The van der Waals surface area contributed by atoms with Gasteiger partial charge in [-0.3, -0.25) is 4.79 Å². The second-order valence-electron chi connectivity index (χ2n) is 8.43. The van der Waals surface area contributed by atoms with Gasteiger partial charge in [-0.2, -0.15) is 0 Å². The molecule has 2 unspecified atom stereocenters. The summed E-state index contributed by atoms with van der Waals surface area (Å²) in [7, 11) is 3.25. The first-order valence-electron chi connectivity index (χ1n) is 10.7. The number of carbonyl (C=O) groups excluding carboxylic acids is 1. The summed E-state index contributed by atoms with van der Waals surface area (Å²) in [6.07, 6.45) is -0.262. The van der Waals surface area contributed by atoms with Crippen molar-refractivity contribution in [2.45, 2.75) is 31.3 Å². The molecule has 2 aromatic heterocycles. The maximum Gasteiger partial charge on any atom is 0.229 e. The SMILES string of the molecule is CNC(=O)[C@]12CC1[C@@H](n1cnc3c(NC)nc(C#Cc4ccc(CO)cc4)nc31)[C@H](O)C2O. The van der Waals surface area contributed by atoms with Gasteiger partial charge in [0.15, 0.2) is 17.0 Å². The minimum absolute atomic E-state index is 0.0348. The molecule has 2 aliphatic carbocycles. The van der Waals surface area contributed by atoms with Gasteiger partial charge < -0.3 is 30.5 Å². The highest BCUT2D eigenvalue weighted by Gasteiger charge is 2.75. The van der Waals surface area contributed by atoms with Crippen molar-refractivity contribution in [1.29, 1.82) is 0 Å². The van der Waals surface area contributed by atoms with Crippen LogP contribution in [-0.2, 0) is 11.4 Å². The molecule has 0 spiro atoms. The third-order valence-electron chi connectivity index (χ3n) is 6.76. The minimum atomic E-state index is -1.17.